The number of nitrogens with zero attached hydrogens (tertiary/aromatic N) is 2. The molecule has 5 N–H and O–H groups in total. The molecule has 2 aliphatic heterocycles. The average molecular weight is 634 g/mol. The Kier molecular flexibility index (Phi) is 24.1. The number of hydrogen-bond acceptors (Lipinski definition) is 8. The summed E-state index contributed by atoms with van der Waals surface area (Å²) in [5, 5.41) is 4.43. The third-order valence-corrected chi connectivity index (χ3v) is 8.35. The van der Waals surface area contributed by atoms with Gasteiger partial charge in [-0.3, -0.25) is 14.5 Å². The number of thiazole rings is 1. The van der Waals surface area contributed by atoms with Crippen LogP contribution in [0.2, 0.25) is 0 Å². The summed E-state index contributed by atoms with van der Waals surface area (Å²) in [7, 11) is 1.50. The number of primary amides is 1. The Morgan fingerprint density at radius 2 is 1.75 bits per heavy atom. The number of amides is 2. The van der Waals surface area contributed by atoms with Crippen molar-refractivity contribution in [2.24, 2.45) is 17.4 Å². The van der Waals surface area contributed by atoms with Crippen LogP contribution in [0.4, 0.5) is 0 Å². The van der Waals surface area contributed by atoms with E-state index in [2.05, 4.69) is 74.2 Å². The van der Waals surface area contributed by atoms with Gasteiger partial charge < -0.3 is 26.3 Å². The van der Waals surface area contributed by atoms with Crippen molar-refractivity contribution in [3.8, 4) is 0 Å². The second kappa shape index (κ2) is 25.6. The van der Waals surface area contributed by atoms with Crippen molar-refractivity contribution in [2.45, 2.75) is 97.4 Å². The van der Waals surface area contributed by atoms with Gasteiger partial charge in [-0.25, -0.2) is 4.98 Å². The fourth-order valence-electron chi connectivity index (χ4n) is 5.22. The number of nitrogens with one attached hydrogen (secondary N) is 1. The first-order valence-corrected chi connectivity index (χ1v) is 16.8. The normalized spacial score (nSPS) is 15.5. The molecule has 0 saturated carbocycles. The van der Waals surface area contributed by atoms with Crippen molar-refractivity contribution in [1.82, 2.24) is 15.2 Å². The van der Waals surface area contributed by atoms with Crippen molar-refractivity contribution in [2.75, 3.05) is 39.9 Å². The number of likely N-dealkylation sites (tertiary alicyclic amines) is 1. The zero-order chi connectivity index (χ0) is 33.3. The summed E-state index contributed by atoms with van der Waals surface area (Å²) in [5.41, 5.74) is 12.3. The highest BCUT2D eigenvalue weighted by Crippen LogP contribution is 2.27. The minimum Gasteiger partial charge on any atom is -0.381 e. The summed E-state index contributed by atoms with van der Waals surface area (Å²) in [5.74, 6) is 1.10. The van der Waals surface area contributed by atoms with E-state index in [-0.39, 0.29) is 18.4 Å². The van der Waals surface area contributed by atoms with Crippen molar-refractivity contribution in [3.05, 3.63) is 40.9 Å². The predicted molar refractivity (Wildman–Crippen MR) is 185 cm³/mol. The molecule has 2 amide bonds. The Bertz CT molecular complexity index is 1050. The van der Waals surface area contributed by atoms with Crippen LogP contribution in [0.25, 0.3) is 10.2 Å². The van der Waals surface area contributed by atoms with Crippen molar-refractivity contribution < 1.29 is 19.1 Å². The SMILES string of the molecule is C=C(CC(NC(=O)CCc1nc2ccc(C(C)C)cc2s1)C1CCOCC1)CN1CCCCC1.C=O.CCC.CN.NC=O. The van der Waals surface area contributed by atoms with Gasteiger partial charge in [0.15, 0.2) is 0 Å². The van der Waals surface area contributed by atoms with Crippen LogP contribution in [-0.4, -0.2) is 74.9 Å². The fraction of sp³-hybridized carbons (Fsp3) is 0.647. The van der Waals surface area contributed by atoms with Gasteiger partial charge in [0, 0.05) is 38.6 Å². The molecule has 10 heteroatoms. The maximum atomic E-state index is 13.0. The Labute approximate surface area is 270 Å². The summed E-state index contributed by atoms with van der Waals surface area (Å²) in [4.78, 5) is 36.9. The van der Waals surface area contributed by atoms with Gasteiger partial charge in [-0.15, -0.1) is 11.3 Å². The standard InChI is InChI=1S/C28H41N3O2S.C3H8.CH3NO.CH5N.CH2O/c1-20(2)23-7-8-24-26(18-23)34-28(30-24)10-9-27(32)29-25(22-11-15-33-16-12-22)17-21(3)19-31-13-5-4-6-14-31;1-3-2;2-1-3;2*1-2/h7-8,18,20,22,25H,3-6,9-17,19H2,1-2H3,(H,29,32);3H2,1-2H3;1H,(H2,2,3);2H2,1H3;1H2. The fourth-order valence-corrected chi connectivity index (χ4v) is 6.23. The lowest BCUT2D eigenvalue weighted by atomic mass is 9.87. The lowest BCUT2D eigenvalue weighted by molar-refractivity contribution is -0.122. The van der Waals surface area contributed by atoms with Crippen molar-refractivity contribution in [1.29, 1.82) is 0 Å². The van der Waals surface area contributed by atoms with Gasteiger partial charge in [-0.05, 0) is 81.8 Å². The molecule has 1 aromatic carbocycles. The molecule has 1 unspecified atom stereocenters. The molecule has 0 aliphatic carbocycles. The molecule has 2 saturated heterocycles. The number of benzene rings is 1. The van der Waals surface area contributed by atoms with E-state index in [1.54, 1.807) is 11.3 Å². The lowest BCUT2D eigenvalue weighted by Crippen LogP contribution is -2.43. The highest BCUT2D eigenvalue weighted by atomic mass is 32.1. The molecule has 2 fully saturated rings. The Balaban J connectivity index is 0.00000165. The number of carbonyl (C=O) groups excluding carboxylic acids is 3. The van der Waals surface area contributed by atoms with Gasteiger partial charge in [0.1, 0.15) is 6.79 Å². The number of nitrogens with two attached hydrogens (primary N) is 2. The summed E-state index contributed by atoms with van der Waals surface area (Å²) in [6.45, 7) is 20.0. The zero-order valence-corrected chi connectivity index (χ0v) is 28.8. The first-order valence-electron chi connectivity index (χ1n) is 16.0. The molecular weight excluding hydrogens is 574 g/mol. The molecule has 2 aromatic rings. The average Bonchev–Trinajstić information content (AvgIpc) is 3.46. The van der Waals surface area contributed by atoms with Crippen molar-refractivity contribution in [3.63, 3.8) is 0 Å². The van der Waals surface area contributed by atoms with E-state index < -0.39 is 0 Å². The number of rotatable bonds is 10. The van der Waals surface area contributed by atoms with Crippen LogP contribution in [0.1, 0.15) is 95.6 Å². The van der Waals surface area contributed by atoms with Crippen LogP contribution in [-0.2, 0) is 25.5 Å². The summed E-state index contributed by atoms with van der Waals surface area (Å²) in [6, 6.07) is 6.67. The first-order chi connectivity index (χ1) is 21.3. The van der Waals surface area contributed by atoms with Crippen molar-refractivity contribution >= 4 is 40.7 Å². The van der Waals surface area contributed by atoms with E-state index in [4.69, 9.17) is 19.3 Å². The molecular formula is C34H59N5O4S. The molecule has 0 spiro atoms. The van der Waals surface area contributed by atoms with Gasteiger partial charge in [0.25, 0.3) is 0 Å². The molecule has 1 atom stereocenters. The second-order valence-electron chi connectivity index (χ2n) is 11.2. The van der Waals surface area contributed by atoms with Gasteiger partial charge >= 0.3 is 0 Å². The number of carbonyl (C=O) groups is 3. The number of piperidine rings is 1. The Morgan fingerprint density at radius 3 is 2.32 bits per heavy atom. The smallest absolute Gasteiger partial charge is 0.220 e. The number of fused-ring (bicyclic) bond motifs is 1. The van der Waals surface area contributed by atoms with Gasteiger partial charge in [-0.1, -0.05) is 58.8 Å². The molecule has 9 nitrogen and oxygen atoms in total. The maximum Gasteiger partial charge on any atom is 0.220 e. The number of aryl methyl sites for hydroxylation is 1. The van der Waals surface area contributed by atoms with E-state index in [0.29, 0.717) is 24.7 Å². The molecule has 44 heavy (non-hydrogen) atoms. The molecule has 4 rings (SSSR count). The second-order valence-corrected chi connectivity index (χ2v) is 12.4. The Morgan fingerprint density at radius 1 is 1.16 bits per heavy atom. The van der Waals surface area contributed by atoms with Gasteiger partial charge in [0.05, 0.1) is 15.2 Å². The quantitative estimate of drug-likeness (QED) is 0.228. The topological polar surface area (TPSA) is 141 Å². The van der Waals surface area contributed by atoms with Crippen LogP contribution in [0.5, 0.6) is 0 Å². The monoisotopic (exact) mass is 633 g/mol. The predicted octanol–water partition coefficient (Wildman–Crippen LogP) is 5.60. The van der Waals surface area contributed by atoms with Gasteiger partial charge in [-0.2, -0.15) is 0 Å². The van der Waals surface area contributed by atoms with Crippen LogP contribution in [0, 0.1) is 5.92 Å². The first kappa shape index (κ1) is 41.3. The van der Waals surface area contributed by atoms with E-state index in [1.165, 1.54) is 61.7 Å². The minimum atomic E-state index is 0.129. The molecule has 3 heterocycles. The van der Waals surface area contributed by atoms with Crippen LogP contribution >= 0.6 is 11.3 Å². The van der Waals surface area contributed by atoms with E-state index in [0.717, 1.165) is 49.5 Å². The largest absolute Gasteiger partial charge is 0.381 e. The zero-order valence-electron chi connectivity index (χ0n) is 27.9. The molecule has 0 bridgehead atoms. The van der Waals surface area contributed by atoms with Crippen LogP contribution in [0.15, 0.2) is 30.4 Å². The lowest BCUT2D eigenvalue weighted by Gasteiger charge is -2.33. The van der Waals surface area contributed by atoms with E-state index >= 15 is 0 Å². The third-order valence-electron chi connectivity index (χ3n) is 7.28. The minimum absolute atomic E-state index is 0.129. The van der Waals surface area contributed by atoms with E-state index in [1.807, 2.05) is 6.79 Å². The summed E-state index contributed by atoms with van der Waals surface area (Å²) >= 11 is 1.72. The molecule has 0 radical (unpaired) electrons. The Hall–Kier alpha value is -2.66. The summed E-state index contributed by atoms with van der Waals surface area (Å²) < 4.78 is 6.81. The van der Waals surface area contributed by atoms with Crippen LogP contribution in [0.3, 0.4) is 0 Å². The third kappa shape index (κ3) is 16.4. The molecule has 1 aromatic heterocycles. The number of aromatic nitrogens is 1. The maximum absolute atomic E-state index is 13.0. The van der Waals surface area contributed by atoms with E-state index in [9.17, 15) is 4.79 Å². The highest BCUT2D eigenvalue weighted by Gasteiger charge is 2.26. The molecule has 250 valence electrons. The number of ether oxygens (including phenoxy) is 1. The highest BCUT2D eigenvalue weighted by molar-refractivity contribution is 7.18. The summed E-state index contributed by atoms with van der Waals surface area (Å²) in [6.07, 6.45) is 9.49. The molecule has 2 aliphatic rings. The number of hydrogen-bond donors (Lipinski definition) is 3. The van der Waals surface area contributed by atoms with Gasteiger partial charge in [0.2, 0.25) is 12.3 Å². The van der Waals surface area contributed by atoms with Crippen LogP contribution < -0.4 is 16.8 Å².